The van der Waals surface area contributed by atoms with E-state index in [-0.39, 0.29) is 0 Å². The highest BCUT2D eigenvalue weighted by Gasteiger charge is 1.98. The smallest absolute Gasteiger partial charge is 0.0637 e. The average molecular weight is 211 g/mol. The SMILES string of the molecule is [CH2]c1ccc(Cl)c(NCCCCC)c1. The lowest BCUT2D eigenvalue weighted by molar-refractivity contribution is 0.744. The number of nitrogens with one attached hydrogen (secondary N) is 1. The molecule has 0 heterocycles. The molecule has 0 aliphatic heterocycles. The number of hydrogen-bond acceptors (Lipinski definition) is 1. The number of halogens is 1. The maximum Gasteiger partial charge on any atom is 0.0637 e. The quantitative estimate of drug-likeness (QED) is 0.721. The maximum atomic E-state index is 6.02. The monoisotopic (exact) mass is 210 g/mol. The molecule has 14 heavy (non-hydrogen) atoms. The first-order valence-corrected chi connectivity index (χ1v) is 5.47. The minimum atomic E-state index is 0.772. The standard InChI is InChI=1S/C12H17ClN/c1-3-4-5-8-14-12-9-10(2)6-7-11(12)13/h6-7,9,14H,2-5,8H2,1H3. The van der Waals surface area contributed by atoms with E-state index in [4.69, 9.17) is 11.6 Å². The largest absolute Gasteiger partial charge is 0.384 e. The van der Waals surface area contributed by atoms with Crippen LogP contribution in [0.3, 0.4) is 0 Å². The fourth-order valence-corrected chi connectivity index (χ4v) is 1.49. The van der Waals surface area contributed by atoms with Crippen LogP contribution < -0.4 is 5.32 Å². The van der Waals surface area contributed by atoms with E-state index in [1.54, 1.807) is 0 Å². The van der Waals surface area contributed by atoms with Gasteiger partial charge in [0.1, 0.15) is 0 Å². The van der Waals surface area contributed by atoms with Gasteiger partial charge >= 0.3 is 0 Å². The Morgan fingerprint density at radius 2 is 2.14 bits per heavy atom. The molecule has 0 saturated heterocycles. The molecule has 0 aliphatic carbocycles. The molecule has 0 aromatic heterocycles. The van der Waals surface area contributed by atoms with Crippen molar-refractivity contribution in [3.8, 4) is 0 Å². The predicted octanol–water partition coefficient (Wildman–Crippen LogP) is 4.12. The van der Waals surface area contributed by atoms with Crippen molar-refractivity contribution >= 4 is 17.3 Å². The van der Waals surface area contributed by atoms with Crippen molar-refractivity contribution in [1.29, 1.82) is 0 Å². The lowest BCUT2D eigenvalue weighted by atomic mass is 10.2. The minimum Gasteiger partial charge on any atom is -0.384 e. The van der Waals surface area contributed by atoms with E-state index in [0.29, 0.717) is 0 Å². The summed E-state index contributed by atoms with van der Waals surface area (Å²) in [5.74, 6) is 0. The van der Waals surface area contributed by atoms with E-state index in [0.717, 1.165) is 22.8 Å². The molecule has 1 aromatic carbocycles. The van der Waals surface area contributed by atoms with Crippen LogP contribution in [-0.4, -0.2) is 6.54 Å². The first kappa shape index (κ1) is 11.4. The number of unbranched alkanes of at least 4 members (excludes halogenated alkanes) is 2. The highest BCUT2D eigenvalue weighted by atomic mass is 35.5. The van der Waals surface area contributed by atoms with Gasteiger partial charge < -0.3 is 5.32 Å². The Bertz CT molecular complexity index is 284. The third-order valence-electron chi connectivity index (χ3n) is 2.13. The van der Waals surface area contributed by atoms with E-state index < -0.39 is 0 Å². The second-order valence-electron chi connectivity index (χ2n) is 3.45. The fraction of sp³-hybridized carbons (Fsp3) is 0.417. The van der Waals surface area contributed by atoms with Crippen molar-refractivity contribution in [1.82, 2.24) is 0 Å². The van der Waals surface area contributed by atoms with Crippen LogP contribution in [0.5, 0.6) is 0 Å². The van der Waals surface area contributed by atoms with Crippen LogP contribution in [0.2, 0.25) is 5.02 Å². The molecule has 0 aliphatic rings. The van der Waals surface area contributed by atoms with Gasteiger partial charge in [-0.3, -0.25) is 0 Å². The van der Waals surface area contributed by atoms with Crippen LogP contribution in [0.1, 0.15) is 31.7 Å². The summed E-state index contributed by atoms with van der Waals surface area (Å²) in [5, 5.41) is 4.09. The van der Waals surface area contributed by atoms with Gasteiger partial charge in [-0.15, -0.1) is 0 Å². The zero-order valence-electron chi connectivity index (χ0n) is 8.65. The second-order valence-corrected chi connectivity index (χ2v) is 3.86. The van der Waals surface area contributed by atoms with Gasteiger partial charge in [-0.25, -0.2) is 0 Å². The average Bonchev–Trinajstić information content (AvgIpc) is 2.18. The normalized spacial score (nSPS) is 10.2. The van der Waals surface area contributed by atoms with Crippen molar-refractivity contribution in [2.24, 2.45) is 0 Å². The summed E-state index contributed by atoms with van der Waals surface area (Å²) in [6.07, 6.45) is 3.69. The molecule has 1 rings (SSSR count). The van der Waals surface area contributed by atoms with Crippen molar-refractivity contribution < 1.29 is 0 Å². The van der Waals surface area contributed by atoms with Crippen molar-refractivity contribution in [2.45, 2.75) is 26.2 Å². The molecule has 77 valence electrons. The lowest BCUT2D eigenvalue weighted by Gasteiger charge is -2.08. The van der Waals surface area contributed by atoms with Crippen molar-refractivity contribution in [3.63, 3.8) is 0 Å². The van der Waals surface area contributed by atoms with Gasteiger partial charge in [0.15, 0.2) is 0 Å². The summed E-state index contributed by atoms with van der Waals surface area (Å²) >= 11 is 6.02. The molecule has 0 saturated carbocycles. The number of benzene rings is 1. The predicted molar refractivity (Wildman–Crippen MR) is 63.9 cm³/mol. The number of hydrogen-bond donors (Lipinski definition) is 1. The van der Waals surface area contributed by atoms with Crippen LogP contribution in [0.4, 0.5) is 5.69 Å². The van der Waals surface area contributed by atoms with Gasteiger partial charge in [0.2, 0.25) is 0 Å². The summed E-state index contributed by atoms with van der Waals surface area (Å²) in [6.45, 7) is 7.05. The van der Waals surface area contributed by atoms with Gasteiger partial charge in [-0.2, -0.15) is 0 Å². The van der Waals surface area contributed by atoms with E-state index in [9.17, 15) is 0 Å². The van der Waals surface area contributed by atoms with Crippen LogP contribution in [-0.2, 0) is 0 Å². The molecule has 1 N–H and O–H groups in total. The highest BCUT2D eigenvalue weighted by Crippen LogP contribution is 2.22. The lowest BCUT2D eigenvalue weighted by Crippen LogP contribution is -2.01. The second kappa shape index (κ2) is 5.92. The summed E-state index contributed by atoms with van der Waals surface area (Å²) in [6, 6.07) is 5.78. The Kier molecular flexibility index (Phi) is 4.81. The maximum absolute atomic E-state index is 6.02. The minimum absolute atomic E-state index is 0.772. The zero-order chi connectivity index (χ0) is 10.4. The molecular formula is C12H17ClN. The van der Waals surface area contributed by atoms with Gasteiger partial charge in [0.05, 0.1) is 10.7 Å². The Balaban J connectivity index is 2.45. The molecule has 0 bridgehead atoms. The van der Waals surface area contributed by atoms with Crippen molar-refractivity contribution in [3.05, 3.63) is 35.7 Å². The fourth-order valence-electron chi connectivity index (χ4n) is 1.31. The van der Waals surface area contributed by atoms with Crippen LogP contribution in [0.15, 0.2) is 18.2 Å². The molecule has 0 fully saturated rings. The first-order chi connectivity index (χ1) is 6.74. The van der Waals surface area contributed by atoms with E-state index in [2.05, 4.69) is 19.2 Å². The Morgan fingerprint density at radius 3 is 2.86 bits per heavy atom. The summed E-state index contributed by atoms with van der Waals surface area (Å²) in [4.78, 5) is 0. The van der Waals surface area contributed by atoms with Crippen LogP contribution in [0, 0.1) is 6.92 Å². The Labute approximate surface area is 91.5 Å². The third-order valence-corrected chi connectivity index (χ3v) is 2.46. The third kappa shape index (κ3) is 3.59. The summed E-state index contributed by atoms with van der Waals surface area (Å²) in [5.41, 5.74) is 1.99. The first-order valence-electron chi connectivity index (χ1n) is 5.09. The molecule has 2 heteroatoms. The van der Waals surface area contributed by atoms with Gasteiger partial charge in [-0.05, 0) is 31.0 Å². The Morgan fingerprint density at radius 1 is 1.36 bits per heavy atom. The molecule has 0 spiro atoms. The summed E-state index contributed by atoms with van der Waals surface area (Å²) < 4.78 is 0. The molecule has 1 aromatic rings. The van der Waals surface area contributed by atoms with Gasteiger partial charge in [0.25, 0.3) is 0 Å². The van der Waals surface area contributed by atoms with E-state index in [1.165, 1.54) is 19.3 Å². The molecule has 0 atom stereocenters. The number of rotatable bonds is 5. The molecule has 0 unspecified atom stereocenters. The van der Waals surface area contributed by atoms with Crippen molar-refractivity contribution in [2.75, 3.05) is 11.9 Å². The van der Waals surface area contributed by atoms with Crippen LogP contribution in [0.25, 0.3) is 0 Å². The molecule has 1 nitrogen and oxygen atoms in total. The zero-order valence-corrected chi connectivity index (χ0v) is 9.40. The van der Waals surface area contributed by atoms with Crippen LogP contribution >= 0.6 is 11.6 Å². The van der Waals surface area contributed by atoms with E-state index in [1.807, 2.05) is 18.2 Å². The van der Waals surface area contributed by atoms with Gasteiger partial charge in [-0.1, -0.05) is 37.4 Å². The van der Waals surface area contributed by atoms with Gasteiger partial charge in [0, 0.05) is 6.54 Å². The topological polar surface area (TPSA) is 12.0 Å². The molecule has 0 amide bonds. The molecular weight excluding hydrogens is 194 g/mol. The summed E-state index contributed by atoms with van der Waals surface area (Å²) in [7, 11) is 0. The number of anilines is 1. The highest BCUT2D eigenvalue weighted by molar-refractivity contribution is 6.33. The molecule has 1 radical (unpaired) electrons. The Hall–Kier alpha value is -0.690. The van der Waals surface area contributed by atoms with E-state index >= 15 is 0 Å².